The van der Waals surface area contributed by atoms with Crippen molar-refractivity contribution >= 4 is 29.1 Å². The molecule has 3 aromatic heterocycles. The lowest BCUT2D eigenvalue weighted by Gasteiger charge is -2.14. The second kappa shape index (κ2) is 5.95. The maximum atomic E-state index is 12.3. The van der Waals surface area contributed by atoms with Gasteiger partial charge >= 0.3 is 5.97 Å². The molecule has 0 aromatic carbocycles. The second-order valence-corrected chi connectivity index (χ2v) is 7.29. The first-order valence-electron chi connectivity index (χ1n) is 7.38. The van der Waals surface area contributed by atoms with E-state index in [9.17, 15) is 9.59 Å². The van der Waals surface area contributed by atoms with Crippen molar-refractivity contribution in [1.29, 1.82) is 0 Å². The fourth-order valence-electron chi connectivity index (χ4n) is 2.67. The Hall–Kier alpha value is -2.32. The molecule has 0 fully saturated rings. The molecule has 122 valence electrons. The quantitative estimate of drug-likeness (QED) is 0.727. The van der Waals surface area contributed by atoms with Gasteiger partial charge in [0.2, 0.25) is 5.56 Å². The number of carbonyl (C=O) groups is 1. The number of nitrogens with zero attached hydrogens (tertiary/aromatic N) is 2. The van der Waals surface area contributed by atoms with Crippen LogP contribution in [0.1, 0.15) is 23.0 Å². The molecule has 0 saturated heterocycles. The van der Waals surface area contributed by atoms with Crippen LogP contribution in [0.25, 0.3) is 16.9 Å². The number of carbonyl (C=O) groups excluding carboxylic acids is 1. The van der Waals surface area contributed by atoms with Gasteiger partial charge in [-0.1, -0.05) is 0 Å². The summed E-state index contributed by atoms with van der Waals surface area (Å²) in [5, 5.41) is 6.53. The van der Waals surface area contributed by atoms with Crippen molar-refractivity contribution in [3.63, 3.8) is 0 Å². The molecule has 1 aliphatic rings. The number of H-pyrrole nitrogens is 1. The fraction of sp³-hybridized carbons (Fsp3) is 0.188. The molecule has 1 N–H and O–H groups in total. The minimum atomic E-state index is -0.420. The largest absolute Gasteiger partial charge is 0.461 e. The smallest absolute Gasteiger partial charge is 0.359 e. The number of hydrogen-bond acceptors (Lipinski definition) is 6. The Kier molecular flexibility index (Phi) is 3.78. The zero-order chi connectivity index (χ0) is 16.7. The average molecular weight is 359 g/mol. The number of aromatic amines is 1. The van der Waals surface area contributed by atoms with E-state index in [1.54, 1.807) is 47.0 Å². The second-order valence-electron chi connectivity index (χ2n) is 5.13. The fourth-order valence-corrected chi connectivity index (χ4v) is 4.77. The molecule has 6 nitrogen and oxygen atoms in total. The first-order valence-corrected chi connectivity index (χ1v) is 9.24. The van der Waals surface area contributed by atoms with E-state index in [-0.39, 0.29) is 5.56 Å². The van der Waals surface area contributed by atoms with Gasteiger partial charge in [0.25, 0.3) is 0 Å². The van der Waals surface area contributed by atoms with Crippen molar-refractivity contribution in [2.24, 2.45) is 0 Å². The zero-order valence-corrected chi connectivity index (χ0v) is 14.4. The molecular formula is C16H13N3O3S2. The van der Waals surface area contributed by atoms with E-state index in [1.165, 1.54) is 10.3 Å². The van der Waals surface area contributed by atoms with Gasteiger partial charge in [-0.3, -0.25) is 4.79 Å². The third-order valence-corrected chi connectivity index (χ3v) is 5.96. The SMILES string of the molecule is CCOC(=O)c1nn(-c2ccc(=O)[nH]c2)c2c1CSc1sccc1-2. The van der Waals surface area contributed by atoms with Gasteiger partial charge in [-0.15, -0.1) is 23.1 Å². The molecule has 0 spiro atoms. The molecule has 0 aliphatic carbocycles. The van der Waals surface area contributed by atoms with Crippen LogP contribution in [-0.4, -0.2) is 27.3 Å². The van der Waals surface area contributed by atoms with Gasteiger partial charge in [0.15, 0.2) is 5.69 Å². The number of nitrogens with one attached hydrogen (secondary N) is 1. The monoisotopic (exact) mass is 359 g/mol. The Balaban J connectivity index is 1.95. The van der Waals surface area contributed by atoms with Gasteiger partial charge in [0.1, 0.15) is 0 Å². The predicted molar refractivity (Wildman–Crippen MR) is 93.0 cm³/mol. The summed E-state index contributed by atoms with van der Waals surface area (Å²) in [6, 6.07) is 5.16. The van der Waals surface area contributed by atoms with Crippen LogP contribution >= 0.6 is 23.1 Å². The van der Waals surface area contributed by atoms with Crippen LogP contribution in [0.3, 0.4) is 0 Å². The van der Waals surface area contributed by atoms with E-state index in [0.717, 1.165) is 16.8 Å². The van der Waals surface area contributed by atoms with Crippen molar-refractivity contribution in [3.05, 3.63) is 51.4 Å². The summed E-state index contributed by atoms with van der Waals surface area (Å²) in [7, 11) is 0. The molecule has 0 amide bonds. The highest BCUT2D eigenvalue weighted by Gasteiger charge is 2.30. The maximum absolute atomic E-state index is 12.3. The average Bonchev–Trinajstić information content (AvgIpc) is 3.19. The Morgan fingerprint density at radius 1 is 1.42 bits per heavy atom. The number of fused-ring (bicyclic) bond motifs is 3. The van der Waals surface area contributed by atoms with Gasteiger partial charge in [-0.05, 0) is 24.4 Å². The van der Waals surface area contributed by atoms with Crippen molar-refractivity contribution in [2.75, 3.05) is 6.61 Å². The zero-order valence-electron chi connectivity index (χ0n) is 12.7. The molecule has 8 heteroatoms. The molecule has 0 bridgehead atoms. The lowest BCUT2D eigenvalue weighted by atomic mass is 10.1. The molecule has 4 rings (SSSR count). The van der Waals surface area contributed by atoms with E-state index < -0.39 is 5.97 Å². The predicted octanol–water partition coefficient (Wildman–Crippen LogP) is 3.07. The number of pyridine rings is 1. The van der Waals surface area contributed by atoms with E-state index in [2.05, 4.69) is 10.1 Å². The van der Waals surface area contributed by atoms with Gasteiger partial charge in [0.05, 0.1) is 22.2 Å². The van der Waals surface area contributed by atoms with Crippen LogP contribution < -0.4 is 5.56 Å². The first kappa shape index (κ1) is 15.2. The number of ether oxygens (including phenoxy) is 1. The van der Waals surface area contributed by atoms with Crippen molar-refractivity contribution in [3.8, 4) is 16.9 Å². The van der Waals surface area contributed by atoms with Crippen LogP contribution in [0, 0.1) is 0 Å². The summed E-state index contributed by atoms with van der Waals surface area (Å²) >= 11 is 3.37. The molecule has 24 heavy (non-hydrogen) atoms. The molecule has 4 heterocycles. The molecule has 1 aliphatic heterocycles. The van der Waals surface area contributed by atoms with Gasteiger partial charge in [0, 0.05) is 29.1 Å². The van der Waals surface area contributed by atoms with Crippen LogP contribution in [0.15, 0.2) is 38.8 Å². The first-order chi connectivity index (χ1) is 11.7. The topological polar surface area (TPSA) is 77.0 Å². The van der Waals surface area contributed by atoms with Gasteiger partial charge < -0.3 is 9.72 Å². The van der Waals surface area contributed by atoms with Gasteiger partial charge in [-0.2, -0.15) is 5.10 Å². The lowest BCUT2D eigenvalue weighted by Crippen LogP contribution is -2.09. The minimum Gasteiger partial charge on any atom is -0.461 e. The molecule has 0 radical (unpaired) electrons. The summed E-state index contributed by atoms with van der Waals surface area (Å²) < 4.78 is 8.06. The molecule has 0 atom stereocenters. The highest BCUT2D eigenvalue weighted by molar-refractivity contribution is 8.00. The van der Waals surface area contributed by atoms with Crippen molar-refractivity contribution in [1.82, 2.24) is 14.8 Å². The standard InChI is InChI=1S/C16H13N3O3S2/c1-2-22-15(21)13-11-8-24-16-10(5-6-23-16)14(11)19(18-13)9-3-4-12(20)17-7-9/h3-7H,2,8H2,1H3,(H,17,20). The number of thiophene rings is 1. The van der Waals surface area contributed by atoms with Crippen LogP contribution in [0.2, 0.25) is 0 Å². The Morgan fingerprint density at radius 3 is 3.04 bits per heavy atom. The summed E-state index contributed by atoms with van der Waals surface area (Å²) in [5.41, 5.74) is 3.67. The Bertz CT molecular complexity index is 966. The molecule has 0 saturated carbocycles. The number of esters is 1. The van der Waals surface area contributed by atoms with Crippen molar-refractivity contribution in [2.45, 2.75) is 16.9 Å². The normalized spacial score (nSPS) is 12.5. The number of aromatic nitrogens is 3. The van der Waals surface area contributed by atoms with E-state index >= 15 is 0 Å². The van der Waals surface area contributed by atoms with E-state index in [4.69, 9.17) is 4.74 Å². The van der Waals surface area contributed by atoms with Crippen LogP contribution in [0.4, 0.5) is 0 Å². The van der Waals surface area contributed by atoms with Crippen LogP contribution in [0.5, 0.6) is 0 Å². The van der Waals surface area contributed by atoms with E-state index in [0.29, 0.717) is 23.7 Å². The highest BCUT2D eigenvalue weighted by atomic mass is 32.2. The summed E-state index contributed by atoms with van der Waals surface area (Å²) in [6.45, 7) is 2.07. The van der Waals surface area contributed by atoms with Crippen molar-refractivity contribution < 1.29 is 9.53 Å². The highest BCUT2D eigenvalue weighted by Crippen LogP contribution is 2.46. The third-order valence-electron chi connectivity index (χ3n) is 3.70. The number of thioether (sulfide) groups is 1. The summed E-state index contributed by atoms with van der Waals surface area (Å²) in [4.78, 5) is 26.3. The number of rotatable bonds is 3. The van der Waals surface area contributed by atoms with Crippen LogP contribution in [-0.2, 0) is 10.5 Å². The Morgan fingerprint density at radius 2 is 2.29 bits per heavy atom. The Labute approximate surface area is 145 Å². The summed E-state index contributed by atoms with van der Waals surface area (Å²) in [5.74, 6) is 0.247. The lowest BCUT2D eigenvalue weighted by molar-refractivity contribution is 0.0518. The molecule has 3 aromatic rings. The minimum absolute atomic E-state index is 0.183. The number of hydrogen-bond donors (Lipinski definition) is 1. The van der Waals surface area contributed by atoms with Gasteiger partial charge in [-0.25, -0.2) is 9.48 Å². The molecule has 0 unspecified atom stereocenters. The third kappa shape index (κ3) is 2.38. The molecular weight excluding hydrogens is 346 g/mol. The summed E-state index contributed by atoms with van der Waals surface area (Å²) in [6.07, 6.45) is 1.60. The maximum Gasteiger partial charge on any atom is 0.359 e. The van der Waals surface area contributed by atoms with E-state index in [1.807, 2.05) is 11.4 Å².